The van der Waals surface area contributed by atoms with Crippen molar-refractivity contribution >= 4 is 23.5 Å². The number of rotatable bonds is 1. The molecule has 0 unspecified atom stereocenters. The topological polar surface area (TPSA) is 49.4 Å². The SMILES string of the molecule is O=C1CNC(=O)N1CCl. The fraction of sp³-hybridized carbons (Fsp3) is 0.500. The number of imide groups is 1. The molecule has 1 fully saturated rings. The molecule has 0 spiro atoms. The molecular formula is C4H5ClN2O2. The van der Waals surface area contributed by atoms with Gasteiger partial charge in [-0.1, -0.05) is 0 Å². The smallest absolute Gasteiger partial charge is 0.325 e. The normalized spacial score (nSPS) is 18.6. The van der Waals surface area contributed by atoms with Crippen LogP contribution >= 0.6 is 11.6 Å². The number of nitrogens with one attached hydrogen (secondary N) is 1. The molecular weight excluding hydrogens is 144 g/mol. The molecule has 0 aromatic heterocycles. The van der Waals surface area contributed by atoms with Crippen molar-refractivity contribution in [2.45, 2.75) is 0 Å². The average Bonchev–Trinajstić information content (AvgIpc) is 2.12. The fourth-order valence-electron chi connectivity index (χ4n) is 0.576. The van der Waals surface area contributed by atoms with Crippen LogP contribution in [0.5, 0.6) is 0 Å². The van der Waals surface area contributed by atoms with Crippen LogP contribution in [0, 0.1) is 0 Å². The zero-order valence-electron chi connectivity index (χ0n) is 4.56. The lowest BCUT2D eigenvalue weighted by atomic mass is 10.6. The molecule has 0 aromatic carbocycles. The molecule has 0 atom stereocenters. The van der Waals surface area contributed by atoms with E-state index in [1.165, 1.54) is 0 Å². The third-order valence-electron chi connectivity index (χ3n) is 1.06. The second-order valence-corrected chi connectivity index (χ2v) is 1.84. The number of hydrogen-bond donors (Lipinski definition) is 1. The lowest BCUT2D eigenvalue weighted by Gasteiger charge is -2.04. The van der Waals surface area contributed by atoms with Crippen molar-refractivity contribution in [3.8, 4) is 0 Å². The maximum Gasteiger partial charge on any atom is 0.325 e. The van der Waals surface area contributed by atoms with Gasteiger partial charge in [0.05, 0.1) is 6.54 Å². The molecule has 50 valence electrons. The van der Waals surface area contributed by atoms with Gasteiger partial charge >= 0.3 is 6.03 Å². The van der Waals surface area contributed by atoms with Crippen molar-refractivity contribution in [1.82, 2.24) is 10.2 Å². The molecule has 1 heterocycles. The van der Waals surface area contributed by atoms with Crippen molar-refractivity contribution in [3.05, 3.63) is 0 Å². The standard InChI is InChI=1S/C4H5ClN2O2/c5-2-7-3(8)1-6-4(7)9/h1-2H2,(H,6,9). The summed E-state index contributed by atoms with van der Waals surface area (Å²) < 4.78 is 0. The summed E-state index contributed by atoms with van der Waals surface area (Å²) in [5.41, 5.74) is 0. The molecule has 1 aliphatic rings. The minimum Gasteiger partial charge on any atom is -0.328 e. The van der Waals surface area contributed by atoms with Crippen LogP contribution in [-0.4, -0.2) is 29.4 Å². The first kappa shape index (κ1) is 6.35. The van der Waals surface area contributed by atoms with Gasteiger partial charge in [-0.2, -0.15) is 0 Å². The number of carbonyl (C=O) groups excluding carboxylic acids is 2. The minimum absolute atomic E-state index is 0.0648. The van der Waals surface area contributed by atoms with Crippen LogP contribution in [0.15, 0.2) is 0 Å². The molecule has 0 aromatic rings. The van der Waals surface area contributed by atoms with E-state index in [0.717, 1.165) is 4.90 Å². The number of alkyl halides is 1. The third kappa shape index (κ3) is 0.977. The number of nitrogens with zero attached hydrogens (tertiary/aromatic N) is 1. The number of halogens is 1. The third-order valence-corrected chi connectivity index (χ3v) is 1.30. The van der Waals surface area contributed by atoms with Gasteiger partial charge in [0.15, 0.2) is 0 Å². The van der Waals surface area contributed by atoms with E-state index in [9.17, 15) is 9.59 Å². The largest absolute Gasteiger partial charge is 0.328 e. The lowest BCUT2D eigenvalue weighted by Crippen LogP contribution is -2.29. The van der Waals surface area contributed by atoms with Gasteiger partial charge in [0.2, 0.25) is 0 Å². The summed E-state index contributed by atoms with van der Waals surface area (Å²) in [6, 6.07) is -0.472. The molecule has 5 heteroatoms. The highest BCUT2D eigenvalue weighted by molar-refractivity contribution is 6.21. The molecule has 9 heavy (non-hydrogen) atoms. The molecule has 0 radical (unpaired) electrons. The van der Waals surface area contributed by atoms with Gasteiger partial charge < -0.3 is 5.32 Å². The molecule has 1 aliphatic heterocycles. The Kier molecular flexibility index (Phi) is 1.57. The maximum absolute atomic E-state index is 10.6. The molecule has 1 saturated heterocycles. The van der Waals surface area contributed by atoms with Crippen LogP contribution in [0.2, 0.25) is 0 Å². The van der Waals surface area contributed by atoms with Crippen molar-refractivity contribution in [1.29, 1.82) is 0 Å². The van der Waals surface area contributed by atoms with Crippen LogP contribution in [0.1, 0.15) is 0 Å². The van der Waals surface area contributed by atoms with Crippen molar-refractivity contribution in [2.75, 3.05) is 12.5 Å². The molecule has 4 nitrogen and oxygen atoms in total. The van der Waals surface area contributed by atoms with Crippen molar-refractivity contribution in [2.24, 2.45) is 0 Å². The Morgan fingerprint density at radius 3 is 2.56 bits per heavy atom. The summed E-state index contributed by atoms with van der Waals surface area (Å²) in [5.74, 6) is -0.269. The van der Waals surface area contributed by atoms with E-state index in [4.69, 9.17) is 11.6 Å². The number of carbonyl (C=O) groups is 2. The molecule has 3 amide bonds. The summed E-state index contributed by atoms with van der Waals surface area (Å²) in [6.45, 7) is 0.0750. The Bertz CT molecular complexity index is 143. The van der Waals surface area contributed by atoms with E-state index in [1.54, 1.807) is 0 Å². The highest BCUT2D eigenvalue weighted by atomic mass is 35.5. The van der Waals surface area contributed by atoms with Crippen LogP contribution < -0.4 is 5.32 Å². The predicted octanol–water partition coefficient (Wildman–Crippen LogP) is -0.265. The van der Waals surface area contributed by atoms with E-state index in [0.29, 0.717) is 0 Å². The molecule has 1 N–H and O–H groups in total. The average molecular weight is 149 g/mol. The fourth-order valence-corrected chi connectivity index (χ4v) is 0.818. The van der Waals surface area contributed by atoms with E-state index in [1.807, 2.05) is 0 Å². The van der Waals surface area contributed by atoms with Gasteiger partial charge in [-0.15, -0.1) is 11.6 Å². The number of hydrogen-bond acceptors (Lipinski definition) is 2. The zero-order valence-corrected chi connectivity index (χ0v) is 5.31. The van der Waals surface area contributed by atoms with Crippen molar-refractivity contribution < 1.29 is 9.59 Å². The second kappa shape index (κ2) is 2.23. The highest BCUT2D eigenvalue weighted by Crippen LogP contribution is 1.98. The Balaban J connectivity index is 2.66. The summed E-state index contributed by atoms with van der Waals surface area (Å²) in [7, 11) is 0. The lowest BCUT2D eigenvalue weighted by molar-refractivity contribution is -0.124. The van der Waals surface area contributed by atoms with Gasteiger partial charge in [-0.3, -0.25) is 4.79 Å². The molecule has 0 saturated carbocycles. The molecule has 1 rings (SSSR count). The summed E-state index contributed by atoms with van der Waals surface area (Å²) in [4.78, 5) is 22.0. The second-order valence-electron chi connectivity index (χ2n) is 1.60. The number of urea groups is 1. The van der Waals surface area contributed by atoms with E-state index in [-0.39, 0.29) is 18.5 Å². The first-order valence-electron chi connectivity index (χ1n) is 2.40. The first-order valence-corrected chi connectivity index (χ1v) is 2.93. The van der Waals surface area contributed by atoms with Gasteiger partial charge in [-0.25, -0.2) is 9.69 Å². The number of amides is 3. The quantitative estimate of drug-likeness (QED) is 0.316. The summed E-state index contributed by atoms with van der Waals surface area (Å²) >= 11 is 5.24. The maximum atomic E-state index is 10.6. The summed E-state index contributed by atoms with van der Waals surface area (Å²) in [6.07, 6.45) is 0. The van der Waals surface area contributed by atoms with Gasteiger partial charge in [0.1, 0.15) is 6.00 Å². The van der Waals surface area contributed by atoms with Crippen molar-refractivity contribution in [3.63, 3.8) is 0 Å². The summed E-state index contributed by atoms with van der Waals surface area (Å²) in [5, 5.41) is 2.32. The van der Waals surface area contributed by atoms with Gasteiger partial charge in [-0.05, 0) is 0 Å². The molecule has 0 bridgehead atoms. The van der Waals surface area contributed by atoms with Crippen LogP contribution in [0.3, 0.4) is 0 Å². The van der Waals surface area contributed by atoms with Crippen LogP contribution in [-0.2, 0) is 4.79 Å². The van der Waals surface area contributed by atoms with E-state index in [2.05, 4.69) is 5.32 Å². The Morgan fingerprint density at radius 1 is 1.67 bits per heavy atom. The Morgan fingerprint density at radius 2 is 2.33 bits per heavy atom. The molecule has 0 aliphatic carbocycles. The van der Waals surface area contributed by atoms with Crippen LogP contribution in [0.25, 0.3) is 0 Å². The predicted molar refractivity (Wildman–Crippen MR) is 31.0 cm³/mol. The Labute approximate surface area is 56.8 Å². The first-order chi connectivity index (χ1) is 4.25. The van der Waals surface area contributed by atoms with E-state index < -0.39 is 6.03 Å². The van der Waals surface area contributed by atoms with Crippen LogP contribution in [0.4, 0.5) is 4.79 Å². The zero-order chi connectivity index (χ0) is 6.85. The highest BCUT2D eigenvalue weighted by Gasteiger charge is 2.26. The van der Waals surface area contributed by atoms with E-state index >= 15 is 0 Å². The Hall–Kier alpha value is -0.770. The monoisotopic (exact) mass is 148 g/mol. The van der Waals surface area contributed by atoms with Gasteiger partial charge in [0.25, 0.3) is 5.91 Å². The minimum atomic E-state index is -0.407. The van der Waals surface area contributed by atoms with Gasteiger partial charge in [0, 0.05) is 0 Å².